The van der Waals surface area contributed by atoms with Gasteiger partial charge in [-0.05, 0) is 55.8 Å². The van der Waals surface area contributed by atoms with Crippen LogP contribution in [0.25, 0.3) is 17.4 Å². The van der Waals surface area contributed by atoms with Gasteiger partial charge in [0.05, 0.1) is 11.5 Å². The van der Waals surface area contributed by atoms with Gasteiger partial charge in [-0.1, -0.05) is 30.3 Å². The van der Waals surface area contributed by atoms with E-state index in [1.165, 1.54) is 0 Å². The first-order valence-corrected chi connectivity index (χ1v) is 10.6. The second-order valence-electron chi connectivity index (χ2n) is 6.32. The van der Waals surface area contributed by atoms with Crippen molar-refractivity contribution in [1.29, 1.82) is 0 Å². The summed E-state index contributed by atoms with van der Waals surface area (Å²) < 4.78 is 10.8. The molecule has 1 amide bonds. The third kappa shape index (κ3) is 5.04. The van der Waals surface area contributed by atoms with Crippen molar-refractivity contribution in [3.8, 4) is 11.3 Å². The summed E-state index contributed by atoms with van der Waals surface area (Å²) in [5, 5.41) is 11.4. The second-order valence-corrected chi connectivity index (χ2v) is 7.79. The van der Waals surface area contributed by atoms with Crippen molar-refractivity contribution >= 4 is 46.4 Å². The highest BCUT2D eigenvalue weighted by Crippen LogP contribution is 2.39. The van der Waals surface area contributed by atoms with Crippen molar-refractivity contribution in [2.24, 2.45) is 4.99 Å². The predicted molar refractivity (Wildman–Crippen MR) is 118 cm³/mol. The maximum atomic E-state index is 12.3. The average Bonchev–Trinajstić information content (AvgIpc) is 3.28. The molecule has 3 rings (SSSR count). The summed E-state index contributed by atoms with van der Waals surface area (Å²) in [6.45, 7) is 3.66. The number of esters is 1. The highest BCUT2D eigenvalue weighted by Gasteiger charge is 2.34. The Kier molecular flexibility index (Phi) is 7.18. The number of hydrogen-bond acceptors (Lipinski definition) is 6. The van der Waals surface area contributed by atoms with Crippen molar-refractivity contribution in [2.75, 3.05) is 6.61 Å². The SMILES string of the molecule is CCCC(=O)N=C1S/C(=C\c2ccc(-c3ccc(Cl)cc3)o2)C(O)=C1C(=O)OCC. The Balaban J connectivity index is 1.93. The number of amides is 1. The molecule has 0 fully saturated rings. The molecule has 156 valence electrons. The molecule has 1 aromatic carbocycles. The number of aliphatic hydroxyl groups is 1. The van der Waals surface area contributed by atoms with E-state index in [2.05, 4.69) is 4.99 Å². The minimum Gasteiger partial charge on any atom is -0.506 e. The highest BCUT2D eigenvalue weighted by atomic mass is 35.5. The van der Waals surface area contributed by atoms with Gasteiger partial charge in [0.1, 0.15) is 27.9 Å². The van der Waals surface area contributed by atoms with Crippen molar-refractivity contribution in [3.63, 3.8) is 0 Å². The molecule has 1 aliphatic heterocycles. The van der Waals surface area contributed by atoms with Gasteiger partial charge in [-0.25, -0.2) is 9.79 Å². The number of carbonyl (C=O) groups excluding carboxylic acids is 2. The number of benzene rings is 1. The van der Waals surface area contributed by atoms with Crippen LogP contribution >= 0.6 is 23.4 Å². The average molecular weight is 446 g/mol. The van der Waals surface area contributed by atoms with Crippen LogP contribution in [0.2, 0.25) is 5.02 Å². The molecule has 1 aromatic heterocycles. The number of thioether (sulfide) groups is 1. The van der Waals surface area contributed by atoms with E-state index in [9.17, 15) is 14.7 Å². The van der Waals surface area contributed by atoms with E-state index < -0.39 is 5.97 Å². The smallest absolute Gasteiger partial charge is 0.344 e. The van der Waals surface area contributed by atoms with Crippen LogP contribution in [0.5, 0.6) is 0 Å². The fourth-order valence-corrected chi connectivity index (χ4v) is 3.84. The van der Waals surface area contributed by atoms with Gasteiger partial charge in [-0.3, -0.25) is 4.79 Å². The van der Waals surface area contributed by atoms with Gasteiger partial charge in [0.25, 0.3) is 0 Å². The number of carbonyl (C=O) groups is 2. The summed E-state index contributed by atoms with van der Waals surface area (Å²) in [6, 6.07) is 10.7. The number of aliphatic hydroxyl groups excluding tert-OH is 1. The molecule has 0 bridgehead atoms. The summed E-state index contributed by atoms with van der Waals surface area (Å²) >= 11 is 6.94. The van der Waals surface area contributed by atoms with Crippen molar-refractivity contribution in [1.82, 2.24) is 0 Å². The molecule has 8 heteroatoms. The maximum Gasteiger partial charge on any atom is 0.344 e. The van der Waals surface area contributed by atoms with E-state index in [4.69, 9.17) is 20.8 Å². The van der Waals surface area contributed by atoms with E-state index in [-0.39, 0.29) is 35.3 Å². The van der Waals surface area contributed by atoms with Gasteiger partial charge < -0.3 is 14.3 Å². The van der Waals surface area contributed by atoms with Gasteiger partial charge in [0.2, 0.25) is 5.91 Å². The minimum atomic E-state index is -0.727. The van der Waals surface area contributed by atoms with Crippen LogP contribution in [0.15, 0.2) is 62.0 Å². The van der Waals surface area contributed by atoms with Gasteiger partial charge >= 0.3 is 5.97 Å². The number of halogens is 1. The lowest BCUT2D eigenvalue weighted by Gasteiger charge is -2.03. The molecule has 0 spiro atoms. The summed E-state index contributed by atoms with van der Waals surface area (Å²) in [4.78, 5) is 28.6. The van der Waals surface area contributed by atoms with Crippen molar-refractivity contribution in [2.45, 2.75) is 26.7 Å². The van der Waals surface area contributed by atoms with Crippen LogP contribution in [-0.4, -0.2) is 28.6 Å². The molecular formula is C22H20ClNO5S. The molecule has 6 nitrogen and oxygen atoms in total. The lowest BCUT2D eigenvalue weighted by Crippen LogP contribution is -2.14. The van der Waals surface area contributed by atoms with E-state index in [1.807, 2.05) is 19.1 Å². The van der Waals surface area contributed by atoms with Crippen LogP contribution in [0.3, 0.4) is 0 Å². The number of nitrogens with zero attached hydrogens (tertiary/aromatic N) is 1. The van der Waals surface area contributed by atoms with Gasteiger partial charge in [-0.15, -0.1) is 0 Å². The Bertz CT molecular complexity index is 1050. The Morgan fingerprint density at radius 3 is 2.60 bits per heavy atom. The van der Waals surface area contributed by atoms with E-state index in [1.54, 1.807) is 37.3 Å². The van der Waals surface area contributed by atoms with Crippen molar-refractivity contribution in [3.05, 3.63) is 63.4 Å². The fraction of sp³-hybridized carbons (Fsp3) is 0.227. The Hall–Kier alpha value is -2.77. The molecule has 0 saturated carbocycles. The van der Waals surface area contributed by atoms with Crippen molar-refractivity contribution < 1.29 is 23.8 Å². The van der Waals surface area contributed by atoms with Gasteiger partial charge in [0, 0.05) is 17.0 Å². The Morgan fingerprint density at radius 1 is 1.20 bits per heavy atom. The molecule has 2 heterocycles. The standard InChI is InChI=1S/C22H20ClNO5S/c1-3-5-18(25)24-21-19(22(27)28-4-2)20(26)17(30-21)12-15-10-11-16(29-15)13-6-8-14(23)9-7-13/h6-12,26H,3-5H2,1-2H3/b17-12-,24-21?. The predicted octanol–water partition coefficient (Wildman–Crippen LogP) is 5.79. The number of aliphatic imine (C=N–C) groups is 1. The van der Waals surface area contributed by atoms with Gasteiger partial charge in [-0.2, -0.15) is 0 Å². The second kappa shape index (κ2) is 9.82. The zero-order valence-electron chi connectivity index (χ0n) is 16.5. The first kappa shape index (κ1) is 21.9. The molecule has 1 N–H and O–H groups in total. The number of rotatable bonds is 6. The molecule has 0 atom stereocenters. The maximum absolute atomic E-state index is 12.3. The van der Waals surface area contributed by atoms with E-state index in [0.29, 0.717) is 27.9 Å². The van der Waals surface area contributed by atoms with Crippen LogP contribution in [0, 0.1) is 0 Å². The normalized spacial score (nSPS) is 16.5. The number of ether oxygens (including phenoxy) is 1. The zero-order chi connectivity index (χ0) is 21.7. The molecule has 0 aliphatic carbocycles. The quantitative estimate of drug-likeness (QED) is 0.566. The summed E-state index contributed by atoms with van der Waals surface area (Å²) in [6.07, 6.45) is 2.47. The molecule has 0 saturated heterocycles. The Morgan fingerprint density at radius 2 is 1.93 bits per heavy atom. The lowest BCUT2D eigenvalue weighted by atomic mass is 10.2. The van der Waals surface area contributed by atoms with Crippen LogP contribution in [-0.2, 0) is 14.3 Å². The van der Waals surface area contributed by atoms with Gasteiger partial charge in [0.15, 0.2) is 0 Å². The molecule has 0 unspecified atom stereocenters. The summed E-state index contributed by atoms with van der Waals surface area (Å²) in [7, 11) is 0. The van der Waals surface area contributed by atoms with Crippen LogP contribution in [0.4, 0.5) is 0 Å². The third-order valence-corrected chi connectivity index (χ3v) is 5.36. The number of furan rings is 1. The molecule has 30 heavy (non-hydrogen) atoms. The summed E-state index contributed by atoms with van der Waals surface area (Å²) in [5.74, 6) is -0.277. The monoisotopic (exact) mass is 445 g/mol. The third-order valence-electron chi connectivity index (χ3n) is 4.09. The van der Waals surface area contributed by atoms with E-state index >= 15 is 0 Å². The molecular weight excluding hydrogens is 426 g/mol. The van der Waals surface area contributed by atoms with Crippen LogP contribution in [0.1, 0.15) is 32.4 Å². The lowest BCUT2D eigenvalue weighted by molar-refractivity contribution is -0.138. The Labute approximate surface area is 183 Å². The fourth-order valence-electron chi connectivity index (χ4n) is 2.70. The molecule has 2 aromatic rings. The molecule has 1 aliphatic rings. The first-order chi connectivity index (χ1) is 14.4. The van der Waals surface area contributed by atoms with E-state index in [0.717, 1.165) is 17.3 Å². The highest BCUT2D eigenvalue weighted by molar-refractivity contribution is 8.18. The number of hydrogen-bond donors (Lipinski definition) is 1. The minimum absolute atomic E-state index is 0.109. The topological polar surface area (TPSA) is 89.1 Å². The molecule has 0 radical (unpaired) electrons. The largest absolute Gasteiger partial charge is 0.506 e. The van der Waals surface area contributed by atoms with Crippen LogP contribution < -0.4 is 0 Å². The zero-order valence-corrected chi connectivity index (χ0v) is 18.0. The first-order valence-electron chi connectivity index (χ1n) is 9.40. The summed E-state index contributed by atoms with van der Waals surface area (Å²) in [5.41, 5.74) is 0.740.